The molecule has 78 valence electrons. The molecule has 1 aromatic heterocycles. The summed E-state index contributed by atoms with van der Waals surface area (Å²) in [6.07, 6.45) is 1.17. The Labute approximate surface area is 82.6 Å². The molecule has 5 heteroatoms. The fourth-order valence-corrected chi connectivity index (χ4v) is 1.04. The molecular formula is C9H15N3O2. The first-order valence-electron chi connectivity index (χ1n) is 4.61. The van der Waals surface area contributed by atoms with E-state index in [4.69, 9.17) is 10.3 Å². The van der Waals surface area contributed by atoms with Crippen molar-refractivity contribution in [2.45, 2.75) is 26.3 Å². The summed E-state index contributed by atoms with van der Waals surface area (Å²) in [6.45, 7) is 2.77. The Kier molecular flexibility index (Phi) is 4.12. The second-order valence-corrected chi connectivity index (χ2v) is 3.10. The molecule has 1 heterocycles. The number of carbonyl (C=O) groups is 1. The summed E-state index contributed by atoms with van der Waals surface area (Å²) < 4.78 is 4.93. The minimum atomic E-state index is -0.00972. The largest absolute Gasteiger partial charge is 0.359 e. The predicted octanol–water partition coefficient (Wildman–Crippen LogP) is 0.338. The minimum absolute atomic E-state index is 0.00972. The molecule has 0 bridgehead atoms. The van der Waals surface area contributed by atoms with Crippen LogP contribution >= 0.6 is 0 Å². The molecule has 3 N–H and O–H groups in total. The van der Waals surface area contributed by atoms with Crippen LogP contribution in [-0.2, 0) is 11.3 Å². The smallest absolute Gasteiger partial charge is 0.220 e. The van der Waals surface area contributed by atoms with E-state index in [1.165, 1.54) is 0 Å². The van der Waals surface area contributed by atoms with Crippen molar-refractivity contribution in [3.63, 3.8) is 0 Å². The maximum absolute atomic E-state index is 11.2. The number of aryl methyl sites for hydroxylation is 1. The predicted molar refractivity (Wildman–Crippen MR) is 51.4 cm³/mol. The highest BCUT2D eigenvalue weighted by Crippen LogP contribution is 2.01. The van der Waals surface area contributed by atoms with Gasteiger partial charge in [0.25, 0.3) is 0 Å². The van der Waals surface area contributed by atoms with Crippen LogP contribution in [0.2, 0.25) is 0 Å². The zero-order valence-corrected chi connectivity index (χ0v) is 8.25. The van der Waals surface area contributed by atoms with Crippen LogP contribution in [0.25, 0.3) is 0 Å². The average Bonchev–Trinajstić information content (AvgIpc) is 2.58. The number of nitrogens with two attached hydrogens (primary N) is 1. The molecule has 1 amide bonds. The van der Waals surface area contributed by atoms with E-state index in [0.717, 1.165) is 5.69 Å². The van der Waals surface area contributed by atoms with Crippen molar-refractivity contribution < 1.29 is 9.32 Å². The lowest BCUT2D eigenvalue weighted by molar-refractivity contribution is -0.121. The van der Waals surface area contributed by atoms with Crippen LogP contribution in [-0.4, -0.2) is 17.6 Å². The number of amides is 1. The van der Waals surface area contributed by atoms with E-state index in [1.807, 2.05) is 6.92 Å². The molecule has 0 radical (unpaired) electrons. The summed E-state index contributed by atoms with van der Waals surface area (Å²) in [4.78, 5) is 11.2. The first-order valence-corrected chi connectivity index (χ1v) is 4.61. The average molecular weight is 197 g/mol. The van der Waals surface area contributed by atoms with E-state index in [2.05, 4.69) is 10.5 Å². The molecule has 0 unspecified atom stereocenters. The molecule has 0 aliphatic carbocycles. The molecule has 0 saturated carbocycles. The lowest BCUT2D eigenvalue weighted by atomic mass is 10.3. The summed E-state index contributed by atoms with van der Waals surface area (Å²) in [7, 11) is 0. The molecule has 0 spiro atoms. The fraction of sp³-hybridized carbons (Fsp3) is 0.556. The Morgan fingerprint density at radius 1 is 1.71 bits per heavy atom. The SMILES string of the molecule is Cc1cc(CNC(=O)CCCN)on1. The number of nitrogens with one attached hydrogen (secondary N) is 1. The Morgan fingerprint density at radius 2 is 2.50 bits per heavy atom. The second kappa shape index (κ2) is 5.39. The van der Waals surface area contributed by atoms with Crippen LogP contribution in [0.15, 0.2) is 10.6 Å². The summed E-state index contributed by atoms with van der Waals surface area (Å²) in [6, 6.07) is 1.79. The van der Waals surface area contributed by atoms with Gasteiger partial charge in [0.1, 0.15) is 0 Å². The quantitative estimate of drug-likeness (QED) is 0.713. The highest BCUT2D eigenvalue weighted by Gasteiger charge is 2.03. The van der Waals surface area contributed by atoms with Crippen molar-refractivity contribution in [3.8, 4) is 0 Å². The van der Waals surface area contributed by atoms with E-state index < -0.39 is 0 Å². The van der Waals surface area contributed by atoms with Crippen molar-refractivity contribution in [2.24, 2.45) is 5.73 Å². The van der Waals surface area contributed by atoms with Crippen LogP contribution in [0.5, 0.6) is 0 Å². The van der Waals surface area contributed by atoms with Crippen LogP contribution in [0.3, 0.4) is 0 Å². The lowest BCUT2D eigenvalue weighted by Gasteiger charge is -2.00. The summed E-state index contributed by atoms with van der Waals surface area (Å²) in [5.74, 6) is 0.660. The zero-order valence-electron chi connectivity index (χ0n) is 8.25. The second-order valence-electron chi connectivity index (χ2n) is 3.10. The Morgan fingerprint density at radius 3 is 3.07 bits per heavy atom. The molecular weight excluding hydrogens is 182 g/mol. The number of nitrogens with zero attached hydrogens (tertiary/aromatic N) is 1. The molecule has 0 aliphatic heterocycles. The van der Waals surface area contributed by atoms with E-state index in [1.54, 1.807) is 6.07 Å². The molecule has 1 rings (SSSR count). The maximum atomic E-state index is 11.2. The van der Waals surface area contributed by atoms with E-state index in [0.29, 0.717) is 31.7 Å². The molecule has 0 saturated heterocycles. The summed E-state index contributed by atoms with van der Waals surface area (Å²) >= 11 is 0. The number of aromatic nitrogens is 1. The number of hydrogen-bond acceptors (Lipinski definition) is 4. The summed E-state index contributed by atoms with van der Waals surface area (Å²) in [5, 5.41) is 6.43. The Balaban J connectivity index is 2.23. The van der Waals surface area contributed by atoms with Gasteiger partial charge in [0, 0.05) is 12.5 Å². The zero-order chi connectivity index (χ0) is 10.4. The van der Waals surface area contributed by atoms with Crippen molar-refractivity contribution in [2.75, 3.05) is 6.54 Å². The Hall–Kier alpha value is -1.36. The van der Waals surface area contributed by atoms with Crippen LogP contribution in [0, 0.1) is 6.92 Å². The van der Waals surface area contributed by atoms with E-state index in [9.17, 15) is 4.79 Å². The molecule has 0 aromatic carbocycles. The van der Waals surface area contributed by atoms with Gasteiger partial charge in [-0.15, -0.1) is 0 Å². The van der Waals surface area contributed by atoms with Gasteiger partial charge in [-0.05, 0) is 19.9 Å². The third-order valence-corrected chi connectivity index (χ3v) is 1.74. The number of hydrogen-bond donors (Lipinski definition) is 2. The van der Waals surface area contributed by atoms with Gasteiger partial charge >= 0.3 is 0 Å². The standard InChI is InChI=1S/C9H15N3O2/c1-7-5-8(14-12-7)6-11-9(13)3-2-4-10/h5H,2-4,6,10H2,1H3,(H,11,13). The van der Waals surface area contributed by atoms with Crippen LogP contribution in [0.1, 0.15) is 24.3 Å². The number of carbonyl (C=O) groups excluding carboxylic acids is 1. The molecule has 14 heavy (non-hydrogen) atoms. The first kappa shape index (κ1) is 10.7. The van der Waals surface area contributed by atoms with Gasteiger partial charge in [0.05, 0.1) is 12.2 Å². The van der Waals surface area contributed by atoms with Gasteiger partial charge in [-0.3, -0.25) is 4.79 Å². The van der Waals surface area contributed by atoms with Gasteiger partial charge in [-0.2, -0.15) is 0 Å². The van der Waals surface area contributed by atoms with Crippen molar-refractivity contribution in [1.29, 1.82) is 0 Å². The fourth-order valence-electron chi connectivity index (χ4n) is 1.04. The van der Waals surface area contributed by atoms with Gasteiger partial charge < -0.3 is 15.6 Å². The van der Waals surface area contributed by atoms with Crippen molar-refractivity contribution >= 4 is 5.91 Å². The monoisotopic (exact) mass is 197 g/mol. The molecule has 5 nitrogen and oxygen atoms in total. The van der Waals surface area contributed by atoms with Crippen LogP contribution in [0.4, 0.5) is 0 Å². The Bertz CT molecular complexity index is 296. The van der Waals surface area contributed by atoms with Gasteiger partial charge in [-0.25, -0.2) is 0 Å². The third kappa shape index (κ3) is 3.57. The van der Waals surface area contributed by atoms with Crippen molar-refractivity contribution in [3.05, 3.63) is 17.5 Å². The molecule has 0 fully saturated rings. The number of rotatable bonds is 5. The van der Waals surface area contributed by atoms with Gasteiger partial charge in [0.15, 0.2) is 5.76 Å². The lowest BCUT2D eigenvalue weighted by Crippen LogP contribution is -2.22. The summed E-state index contributed by atoms with van der Waals surface area (Å²) in [5.41, 5.74) is 6.09. The topological polar surface area (TPSA) is 81.2 Å². The molecule has 0 atom stereocenters. The van der Waals surface area contributed by atoms with Crippen LogP contribution < -0.4 is 11.1 Å². The highest BCUT2D eigenvalue weighted by molar-refractivity contribution is 5.75. The first-order chi connectivity index (χ1) is 6.72. The molecule has 1 aromatic rings. The third-order valence-electron chi connectivity index (χ3n) is 1.74. The highest BCUT2D eigenvalue weighted by atomic mass is 16.5. The van der Waals surface area contributed by atoms with Crippen molar-refractivity contribution in [1.82, 2.24) is 10.5 Å². The normalized spacial score (nSPS) is 10.1. The maximum Gasteiger partial charge on any atom is 0.220 e. The van der Waals surface area contributed by atoms with Gasteiger partial charge in [0.2, 0.25) is 5.91 Å². The van der Waals surface area contributed by atoms with E-state index >= 15 is 0 Å². The van der Waals surface area contributed by atoms with Gasteiger partial charge in [-0.1, -0.05) is 5.16 Å². The van der Waals surface area contributed by atoms with E-state index in [-0.39, 0.29) is 5.91 Å². The minimum Gasteiger partial charge on any atom is -0.359 e. The molecule has 0 aliphatic rings.